The van der Waals surface area contributed by atoms with E-state index in [1.165, 1.54) is 4.90 Å². The van der Waals surface area contributed by atoms with Crippen LogP contribution < -0.4 is 10.1 Å². The number of hydrogen-bond acceptors (Lipinski definition) is 5. The van der Waals surface area contributed by atoms with E-state index in [0.717, 1.165) is 5.56 Å². The van der Waals surface area contributed by atoms with Crippen molar-refractivity contribution in [3.63, 3.8) is 0 Å². The van der Waals surface area contributed by atoms with Gasteiger partial charge in [0.2, 0.25) is 11.8 Å². The first-order valence-electron chi connectivity index (χ1n) is 9.97. The van der Waals surface area contributed by atoms with Crippen molar-refractivity contribution in [3.8, 4) is 5.75 Å². The summed E-state index contributed by atoms with van der Waals surface area (Å²) in [6.45, 7) is 3.90. The smallest absolute Gasteiger partial charge is 0.338 e. The number of esters is 1. The van der Waals surface area contributed by atoms with E-state index in [1.807, 2.05) is 31.2 Å². The van der Waals surface area contributed by atoms with E-state index < -0.39 is 17.6 Å². The number of ether oxygens (including phenoxy) is 2. The standard InChI is InChI=1S/C23H24N2O5/c1-4-29-22(28)14-9-11-15(12-10-14)24-20(26)19-17-13-23(2,25(3)21(19)27)30-18-8-6-5-7-16(17)18/h5-12,17,19H,4,13H2,1-3H3,(H,24,26)/t17-,19-,23-/m0/s1. The maximum absolute atomic E-state index is 13.2. The maximum Gasteiger partial charge on any atom is 0.338 e. The van der Waals surface area contributed by atoms with Crippen LogP contribution in [0.2, 0.25) is 0 Å². The number of nitrogens with zero attached hydrogens (tertiary/aromatic N) is 1. The van der Waals surface area contributed by atoms with Gasteiger partial charge in [0, 0.05) is 25.1 Å². The summed E-state index contributed by atoms with van der Waals surface area (Å²) in [7, 11) is 1.67. The van der Waals surface area contributed by atoms with E-state index in [1.54, 1.807) is 38.2 Å². The molecule has 0 aliphatic carbocycles. The summed E-state index contributed by atoms with van der Waals surface area (Å²) in [5, 5.41) is 2.83. The van der Waals surface area contributed by atoms with E-state index in [2.05, 4.69) is 5.32 Å². The number of fused-ring (bicyclic) bond motifs is 4. The van der Waals surface area contributed by atoms with E-state index in [9.17, 15) is 14.4 Å². The molecular weight excluding hydrogens is 384 g/mol. The first-order chi connectivity index (χ1) is 14.3. The highest BCUT2D eigenvalue weighted by Crippen LogP contribution is 2.49. The first kappa shape index (κ1) is 19.9. The van der Waals surface area contributed by atoms with Crippen LogP contribution in [0.1, 0.15) is 42.1 Å². The van der Waals surface area contributed by atoms with Crippen LogP contribution in [-0.2, 0) is 14.3 Å². The number of rotatable bonds is 4. The Morgan fingerprint density at radius 2 is 1.90 bits per heavy atom. The second-order valence-electron chi connectivity index (χ2n) is 7.79. The van der Waals surface area contributed by atoms with Crippen LogP contribution >= 0.6 is 0 Å². The molecule has 4 rings (SSSR count). The first-order valence-corrected chi connectivity index (χ1v) is 9.97. The molecule has 2 heterocycles. The zero-order valence-electron chi connectivity index (χ0n) is 17.2. The van der Waals surface area contributed by atoms with Crippen molar-refractivity contribution < 1.29 is 23.9 Å². The van der Waals surface area contributed by atoms with Gasteiger partial charge in [0.25, 0.3) is 0 Å². The lowest BCUT2D eigenvalue weighted by atomic mass is 9.73. The highest BCUT2D eigenvalue weighted by molar-refractivity contribution is 6.08. The van der Waals surface area contributed by atoms with Gasteiger partial charge in [-0.3, -0.25) is 9.59 Å². The van der Waals surface area contributed by atoms with Crippen molar-refractivity contribution in [1.82, 2.24) is 4.90 Å². The van der Waals surface area contributed by atoms with Crippen molar-refractivity contribution in [1.29, 1.82) is 0 Å². The molecule has 2 aliphatic rings. The number of amides is 2. The summed E-state index contributed by atoms with van der Waals surface area (Å²) >= 11 is 0. The van der Waals surface area contributed by atoms with Gasteiger partial charge in [-0.25, -0.2) is 4.79 Å². The van der Waals surface area contributed by atoms with Gasteiger partial charge in [0.1, 0.15) is 11.7 Å². The van der Waals surface area contributed by atoms with Crippen molar-refractivity contribution in [3.05, 3.63) is 59.7 Å². The quantitative estimate of drug-likeness (QED) is 0.620. The number of hydrogen-bond donors (Lipinski definition) is 1. The predicted octanol–water partition coefficient (Wildman–Crippen LogP) is 3.17. The monoisotopic (exact) mass is 408 g/mol. The molecule has 2 aromatic rings. The molecule has 1 saturated heterocycles. The Bertz CT molecular complexity index is 1000. The third-order valence-electron chi connectivity index (χ3n) is 5.90. The van der Waals surface area contributed by atoms with Crippen LogP contribution in [0.15, 0.2) is 48.5 Å². The fourth-order valence-electron chi connectivity index (χ4n) is 4.21. The number of nitrogens with one attached hydrogen (secondary N) is 1. The van der Waals surface area contributed by atoms with Crippen molar-refractivity contribution in [2.24, 2.45) is 5.92 Å². The van der Waals surface area contributed by atoms with Gasteiger partial charge in [-0.2, -0.15) is 0 Å². The van der Waals surface area contributed by atoms with Gasteiger partial charge in [-0.1, -0.05) is 18.2 Å². The summed E-state index contributed by atoms with van der Waals surface area (Å²) in [5.74, 6) is -1.51. The number of para-hydroxylation sites is 1. The number of anilines is 1. The minimum Gasteiger partial charge on any atom is -0.468 e. The number of benzene rings is 2. The molecule has 2 aliphatic heterocycles. The average Bonchev–Trinajstić information content (AvgIpc) is 2.73. The van der Waals surface area contributed by atoms with Crippen molar-refractivity contribution in [2.45, 2.75) is 31.9 Å². The van der Waals surface area contributed by atoms with Crippen LogP contribution in [0.25, 0.3) is 0 Å². The minimum atomic E-state index is -0.863. The normalized spacial score (nSPS) is 24.5. The lowest BCUT2D eigenvalue weighted by molar-refractivity contribution is -0.170. The molecule has 0 unspecified atom stereocenters. The molecule has 7 nitrogen and oxygen atoms in total. The summed E-state index contributed by atoms with van der Waals surface area (Å²) < 4.78 is 11.1. The van der Waals surface area contributed by atoms with Crippen molar-refractivity contribution >= 4 is 23.5 Å². The number of likely N-dealkylation sites (tertiary alicyclic amines) is 1. The fraction of sp³-hybridized carbons (Fsp3) is 0.348. The second-order valence-corrected chi connectivity index (χ2v) is 7.79. The summed E-state index contributed by atoms with van der Waals surface area (Å²) in [6.07, 6.45) is 0.534. The van der Waals surface area contributed by atoms with Gasteiger partial charge in [-0.05, 0) is 49.7 Å². The Kier molecular flexibility index (Phi) is 4.97. The van der Waals surface area contributed by atoms with Crippen LogP contribution in [0.5, 0.6) is 5.75 Å². The Morgan fingerprint density at radius 1 is 1.20 bits per heavy atom. The van der Waals surface area contributed by atoms with Gasteiger partial charge in [0.05, 0.1) is 12.2 Å². The zero-order chi connectivity index (χ0) is 21.5. The molecule has 0 radical (unpaired) electrons. The molecule has 1 fully saturated rings. The largest absolute Gasteiger partial charge is 0.468 e. The van der Waals surface area contributed by atoms with Gasteiger partial charge in [-0.15, -0.1) is 0 Å². The molecule has 1 N–H and O–H groups in total. The molecule has 0 saturated carbocycles. The van der Waals surface area contributed by atoms with Gasteiger partial charge >= 0.3 is 5.97 Å². The van der Waals surface area contributed by atoms with Crippen LogP contribution in [0, 0.1) is 5.92 Å². The molecule has 3 atom stereocenters. The highest BCUT2D eigenvalue weighted by Gasteiger charge is 2.54. The van der Waals surface area contributed by atoms with E-state index in [0.29, 0.717) is 30.0 Å². The van der Waals surface area contributed by atoms with Gasteiger partial charge < -0.3 is 19.7 Å². The van der Waals surface area contributed by atoms with Gasteiger partial charge in [0.15, 0.2) is 5.72 Å². The van der Waals surface area contributed by atoms with Crippen LogP contribution in [0.4, 0.5) is 5.69 Å². The molecule has 0 spiro atoms. The fourth-order valence-corrected chi connectivity index (χ4v) is 4.21. The summed E-state index contributed by atoms with van der Waals surface area (Å²) in [6, 6.07) is 14.0. The third-order valence-corrected chi connectivity index (χ3v) is 5.90. The molecule has 0 aromatic heterocycles. The van der Waals surface area contributed by atoms with Crippen molar-refractivity contribution in [2.75, 3.05) is 19.0 Å². The molecule has 2 amide bonds. The number of carbonyl (C=O) groups excluding carboxylic acids is 3. The van der Waals surface area contributed by atoms with E-state index in [4.69, 9.17) is 9.47 Å². The van der Waals surface area contributed by atoms with Crippen LogP contribution in [-0.4, -0.2) is 42.1 Å². The zero-order valence-corrected chi connectivity index (χ0v) is 17.2. The minimum absolute atomic E-state index is 0.274. The molecule has 156 valence electrons. The molecule has 7 heteroatoms. The Labute approximate surface area is 175 Å². The van der Waals surface area contributed by atoms with E-state index >= 15 is 0 Å². The lowest BCUT2D eigenvalue weighted by Crippen LogP contribution is -2.62. The number of piperidine rings is 1. The maximum atomic E-state index is 13.2. The Balaban J connectivity index is 1.59. The van der Waals surface area contributed by atoms with Crippen LogP contribution in [0.3, 0.4) is 0 Å². The summed E-state index contributed by atoms with van der Waals surface area (Å²) in [5.41, 5.74) is 0.998. The number of carbonyl (C=O) groups is 3. The molecule has 30 heavy (non-hydrogen) atoms. The second kappa shape index (κ2) is 7.48. The third kappa shape index (κ3) is 3.30. The topological polar surface area (TPSA) is 84.9 Å². The SMILES string of the molecule is CCOC(=O)c1ccc(NC(=O)[C@H]2C(=O)N(C)[C@]3(C)C[C@H]2c2ccccc2O3)cc1. The average molecular weight is 408 g/mol. The highest BCUT2D eigenvalue weighted by atomic mass is 16.5. The predicted molar refractivity (Wildman–Crippen MR) is 110 cm³/mol. The lowest BCUT2D eigenvalue weighted by Gasteiger charge is -2.51. The Morgan fingerprint density at radius 3 is 2.60 bits per heavy atom. The summed E-state index contributed by atoms with van der Waals surface area (Å²) in [4.78, 5) is 39.6. The Hall–Kier alpha value is -3.35. The molecule has 2 aromatic carbocycles. The molecule has 2 bridgehead atoms. The molecular formula is C23H24N2O5. The van der Waals surface area contributed by atoms with E-state index in [-0.39, 0.29) is 17.7 Å².